The molecule has 6 aromatic rings. The molecule has 40 heavy (non-hydrogen) atoms. The molecule has 0 saturated heterocycles. The molecular formula is C33H19B2Cl2N3. The molecule has 0 fully saturated rings. The zero-order valence-electron chi connectivity index (χ0n) is 21.2. The highest BCUT2D eigenvalue weighted by molar-refractivity contribution is 6.38. The molecule has 7 heteroatoms. The zero-order valence-corrected chi connectivity index (χ0v) is 22.7. The summed E-state index contributed by atoms with van der Waals surface area (Å²) in [7, 11) is 12.2. The van der Waals surface area contributed by atoms with Gasteiger partial charge in [-0.05, 0) is 58.7 Å². The van der Waals surface area contributed by atoms with Gasteiger partial charge in [0.15, 0.2) is 17.5 Å². The molecule has 0 aliphatic carbocycles. The second-order valence-electron chi connectivity index (χ2n) is 9.38. The summed E-state index contributed by atoms with van der Waals surface area (Å²) >= 11 is 13.2. The van der Waals surface area contributed by atoms with Gasteiger partial charge in [-0.25, -0.2) is 15.0 Å². The van der Waals surface area contributed by atoms with E-state index in [2.05, 4.69) is 0 Å². The molecule has 0 aliphatic rings. The fraction of sp³-hybridized carbons (Fsp3) is 0. The highest BCUT2D eigenvalue weighted by Crippen LogP contribution is 2.33. The Morgan fingerprint density at radius 2 is 0.725 bits per heavy atom. The third kappa shape index (κ3) is 5.72. The summed E-state index contributed by atoms with van der Waals surface area (Å²) in [6.45, 7) is 0. The number of aromatic nitrogens is 3. The average molecular weight is 550 g/mol. The Bertz CT molecular complexity index is 1720. The monoisotopic (exact) mass is 549 g/mol. The maximum atomic E-state index is 6.59. The van der Waals surface area contributed by atoms with E-state index in [1.807, 2.05) is 97.1 Å². The van der Waals surface area contributed by atoms with Crippen molar-refractivity contribution in [1.82, 2.24) is 15.0 Å². The van der Waals surface area contributed by atoms with Crippen molar-refractivity contribution in [1.29, 1.82) is 0 Å². The normalized spacial score (nSPS) is 10.9. The van der Waals surface area contributed by atoms with Crippen molar-refractivity contribution >= 4 is 49.8 Å². The fourth-order valence-electron chi connectivity index (χ4n) is 4.60. The fourth-order valence-corrected chi connectivity index (χ4v) is 5.07. The minimum atomic E-state index is 0.432. The molecular weight excluding hydrogens is 531 g/mol. The first kappa shape index (κ1) is 26.1. The van der Waals surface area contributed by atoms with Gasteiger partial charge in [0.25, 0.3) is 0 Å². The number of rotatable bonds is 5. The molecule has 6 rings (SSSR count). The molecule has 5 aromatic carbocycles. The van der Waals surface area contributed by atoms with Gasteiger partial charge in [0.2, 0.25) is 0 Å². The Kier molecular flexibility index (Phi) is 7.25. The number of halogens is 2. The van der Waals surface area contributed by atoms with Gasteiger partial charge in [-0.2, -0.15) is 0 Å². The van der Waals surface area contributed by atoms with E-state index in [1.54, 1.807) is 18.2 Å². The smallest absolute Gasteiger partial charge is 0.164 e. The van der Waals surface area contributed by atoms with Gasteiger partial charge in [0, 0.05) is 26.7 Å². The second kappa shape index (κ2) is 11.1. The summed E-state index contributed by atoms with van der Waals surface area (Å²) in [5.41, 5.74) is 7.18. The van der Waals surface area contributed by atoms with Crippen LogP contribution in [-0.4, -0.2) is 30.6 Å². The van der Waals surface area contributed by atoms with E-state index < -0.39 is 0 Å². The van der Waals surface area contributed by atoms with Crippen molar-refractivity contribution in [2.75, 3.05) is 0 Å². The zero-order chi connectivity index (χ0) is 27.6. The van der Waals surface area contributed by atoms with E-state index in [0.29, 0.717) is 44.0 Å². The molecule has 0 unspecified atom stereocenters. The lowest BCUT2D eigenvalue weighted by Crippen LogP contribution is -2.14. The molecule has 1 heterocycles. The van der Waals surface area contributed by atoms with Crippen LogP contribution in [0.2, 0.25) is 10.0 Å². The van der Waals surface area contributed by atoms with Gasteiger partial charge < -0.3 is 0 Å². The molecule has 4 radical (unpaired) electrons. The van der Waals surface area contributed by atoms with Crippen molar-refractivity contribution in [2.45, 2.75) is 0 Å². The van der Waals surface area contributed by atoms with Gasteiger partial charge in [-0.15, -0.1) is 0 Å². The van der Waals surface area contributed by atoms with E-state index >= 15 is 0 Å². The molecule has 0 saturated carbocycles. The lowest BCUT2D eigenvalue weighted by molar-refractivity contribution is 1.07. The predicted octanol–water partition coefficient (Wildman–Crippen LogP) is 7.10. The molecule has 0 aliphatic heterocycles. The van der Waals surface area contributed by atoms with Crippen LogP contribution in [0.1, 0.15) is 0 Å². The van der Waals surface area contributed by atoms with E-state index in [1.165, 1.54) is 0 Å². The van der Waals surface area contributed by atoms with Gasteiger partial charge >= 0.3 is 0 Å². The molecule has 0 atom stereocenters. The average Bonchev–Trinajstić information content (AvgIpc) is 2.97. The summed E-state index contributed by atoms with van der Waals surface area (Å²) < 4.78 is 0. The summed E-state index contributed by atoms with van der Waals surface area (Å²) in [4.78, 5) is 14.6. The Labute approximate surface area is 245 Å². The van der Waals surface area contributed by atoms with Crippen LogP contribution in [0, 0.1) is 0 Å². The van der Waals surface area contributed by atoms with Crippen molar-refractivity contribution in [3.8, 4) is 56.4 Å². The molecule has 0 bridgehead atoms. The van der Waals surface area contributed by atoms with Crippen LogP contribution in [0.3, 0.4) is 0 Å². The summed E-state index contributed by atoms with van der Waals surface area (Å²) in [6.07, 6.45) is 0. The van der Waals surface area contributed by atoms with Crippen molar-refractivity contribution in [3.63, 3.8) is 0 Å². The largest absolute Gasteiger partial charge is 0.208 e. The highest BCUT2D eigenvalue weighted by Gasteiger charge is 2.15. The molecule has 0 spiro atoms. The van der Waals surface area contributed by atoms with Gasteiger partial charge in [0.05, 0.1) is 0 Å². The maximum absolute atomic E-state index is 6.59. The number of nitrogens with zero attached hydrogens (tertiary/aromatic N) is 3. The van der Waals surface area contributed by atoms with Crippen molar-refractivity contribution < 1.29 is 0 Å². The Morgan fingerprint density at radius 1 is 0.375 bits per heavy atom. The third-order valence-corrected chi connectivity index (χ3v) is 6.83. The van der Waals surface area contributed by atoms with Crippen LogP contribution < -0.4 is 10.9 Å². The molecule has 0 amide bonds. The number of hydrogen-bond acceptors (Lipinski definition) is 3. The standard InChI is InChI=1S/C33H19B2Cl2N3/c34-27-13-26(14-28(35)19-27)33-39-31(24-11-22(15-29(36)17-24)20-7-3-1-4-8-20)38-32(40-33)25-12-23(16-30(37)18-25)21-9-5-2-6-10-21/h1-19H. The topological polar surface area (TPSA) is 38.7 Å². The van der Waals surface area contributed by atoms with Crippen molar-refractivity contribution in [3.05, 3.63) is 125 Å². The van der Waals surface area contributed by atoms with E-state index in [0.717, 1.165) is 33.4 Å². The number of hydrogen-bond donors (Lipinski definition) is 0. The van der Waals surface area contributed by atoms with Gasteiger partial charge in [0.1, 0.15) is 15.7 Å². The van der Waals surface area contributed by atoms with Crippen molar-refractivity contribution in [2.24, 2.45) is 0 Å². The first-order chi connectivity index (χ1) is 19.4. The second-order valence-corrected chi connectivity index (χ2v) is 10.3. The number of benzene rings is 5. The minimum Gasteiger partial charge on any atom is -0.208 e. The summed E-state index contributed by atoms with van der Waals surface area (Å²) in [5.74, 6) is 1.35. The molecule has 3 nitrogen and oxygen atoms in total. The SMILES string of the molecule is [B]c1cc([B])cc(-c2nc(-c3cc(Cl)cc(-c4ccccc4)c3)nc(-c3cc(Cl)cc(-c4ccccc4)c3)n2)c1. The van der Waals surface area contributed by atoms with Crippen LogP contribution >= 0.6 is 23.2 Å². The van der Waals surface area contributed by atoms with Crippen LogP contribution in [0.5, 0.6) is 0 Å². The lowest BCUT2D eigenvalue weighted by Gasteiger charge is -2.12. The predicted molar refractivity (Wildman–Crippen MR) is 168 cm³/mol. The minimum absolute atomic E-state index is 0.432. The Balaban J connectivity index is 1.56. The van der Waals surface area contributed by atoms with Gasteiger partial charge in [-0.1, -0.05) is 113 Å². The van der Waals surface area contributed by atoms with Crippen LogP contribution in [0.15, 0.2) is 115 Å². The van der Waals surface area contributed by atoms with E-state index in [4.69, 9.17) is 53.8 Å². The quantitative estimate of drug-likeness (QED) is 0.215. The molecule has 186 valence electrons. The van der Waals surface area contributed by atoms with Crippen LogP contribution in [-0.2, 0) is 0 Å². The van der Waals surface area contributed by atoms with E-state index in [9.17, 15) is 0 Å². The lowest BCUT2D eigenvalue weighted by atomic mass is 9.85. The Hall–Kier alpha value is -4.18. The summed E-state index contributed by atoms with van der Waals surface area (Å²) in [5, 5.41) is 1.14. The summed E-state index contributed by atoms with van der Waals surface area (Å²) in [6, 6.07) is 36.9. The van der Waals surface area contributed by atoms with Crippen LogP contribution in [0.4, 0.5) is 0 Å². The Morgan fingerprint density at radius 3 is 1.12 bits per heavy atom. The van der Waals surface area contributed by atoms with Gasteiger partial charge in [-0.3, -0.25) is 0 Å². The third-order valence-electron chi connectivity index (χ3n) is 6.40. The maximum Gasteiger partial charge on any atom is 0.164 e. The van der Waals surface area contributed by atoms with Crippen LogP contribution in [0.25, 0.3) is 56.4 Å². The highest BCUT2D eigenvalue weighted by atomic mass is 35.5. The molecule has 0 N–H and O–H groups in total. The van der Waals surface area contributed by atoms with E-state index in [-0.39, 0.29) is 0 Å². The first-order valence-electron chi connectivity index (χ1n) is 12.6. The first-order valence-corrected chi connectivity index (χ1v) is 13.3. The molecule has 1 aromatic heterocycles.